The van der Waals surface area contributed by atoms with Gasteiger partial charge in [-0.3, -0.25) is 4.79 Å². The van der Waals surface area contributed by atoms with Crippen molar-refractivity contribution in [3.05, 3.63) is 28.2 Å². The number of hydrogen-bond acceptors (Lipinski definition) is 2. The molecular weight excluding hydrogens is 241 g/mol. The van der Waals surface area contributed by atoms with Gasteiger partial charge in [0.15, 0.2) is 5.82 Å². The molecule has 1 rings (SSSR count). The van der Waals surface area contributed by atoms with Crippen molar-refractivity contribution in [2.75, 3.05) is 0 Å². The predicted octanol–water partition coefficient (Wildman–Crippen LogP) is 2.17. The Balaban J connectivity index is 3.03. The van der Waals surface area contributed by atoms with Crippen LogP contribution in [0.5, 0.6) is 0 Å². The fourth-order valence-corrected chi connectivity index (χ4v) is 1.14. The molecule has 3 nitrogen and oxygen atoms in total. The molecule has 1 aromatic heterocycles. The number of carbonyl (C=O) groups is 1. The molecule has 0 fully saturated rings. The molecule has 0 aromatic carbocycles. The molecule has 0 saturated heterocycles. The van der Waals surface area contributed by atoms with Crippen LogP contribution in [0, 0.1) is 5.82 Å². The molecule has 0 saturated carbocycles. The number of carboxylic acids is 1. The van der Waals surface area contributed by atoms with Gasteiger partial charge in [0.1, 0.15) is 4.60 Å². The summed E-state index contributed by atoms with van der Waals surface area (Å²) in [5.74, 6) is -2.20. The molecule has 0 aliphatic heterocycles. The lowest BCUT2D eigenvalue weighted by Crippen LogP contribution is -2.09. The van der Waals surface area contributed by atoms with E-state index in [9.17, 15) is 9.18 Å². The average Bonchev–Trinajstić information content (AvgIpc) is 2.08. The smallest absolute Gasteiger partial charge is 0.312 e. The molecule has 0 amide bonds. The number of hydrogen-bond donors (Lipinski definition) is 1. The van der Waals surface area contributed by atoms with E-state index >= 15 is 0 Å². The molecule has 0 aliphatic rings. The number of aliphatic carboxylic acids is 1. The van der Waals surface area contributed by atoms with Gasteiger partial charge in [-0.05, 0) is 35.0 Å². The molecule has 0 spiro atoms. The van der Waals surface area contributed by atoms with Crippen LogP contribution >= 0.6 is 15.9 Å². The summed E-state index contributed by atoms with van der Waals surface area (Å²) in [5.41, 5.74) is 0.334. The first-order chi connectivity index (χ1) is 6.02. The minimum absolute atomic E-state index is 0.0399. The monoisotopic (exact) mass is 247 g/mol. The summed E-state index contributed by atoms with van der Waals surface area (Å²) in [5, 5.41) is 8.65. The van der Waals surface area contributed by atoms with Gasteiger partial charge < -0.3 is 5.11 Å². The van der Waals surface area contributed by atoms with E-state index in [-0.39, 0.29) is 4.60 Å². The van der Waals surface area contributed by atoms with E-state index < -0.39 is 17.7 Å². The van der Waals surface area contributed by atoms with Crippen LogP contribution < -0.4 is 0 Å². The van der Waals surface area contributed by atoms with E-state index in [1.165, 1.54) is 19.1 Å². The highest BCUT2D eigenvalue weighted by molar-refractivity contribution is 9.10. The molecule has 70 valence electrons. The Kier molecular flexibility index (Phi) is 2.98. The number of carboxylic acid groups (broad SMARTS) is 1. The van der Waals surface area contributed by atoms with Crippen LogP contribution in [0.2, 0.25) is 0 Å². The van der Waals surface area contributed by atoms with Crippen molar-refractivity contribution < 1.29 is 14.3 Å². The maximum absolute atomic E-state index is 12.7. The van der Waals surface area contributed by atoms with Crippen LogP contribution in [-0.4, -0.2) is 16.1 Å². The minimum atomic E-state index is -0.981. The molecule has 1 N–H and O–H groups in total. The Morgan fingerprint density at radius 2 is 2.31 bits per heavy atom. The Morgan fingerprint density at radius 1 is 1.69 bits per heavy atom. The van der Waals surface area contributed by atoms with E-state index in [1.54, 1.807) is 0 Å². The summed E-state index contributed by atoms with van der Waals surface area (Å²) in [4.78, 5) is 14.3. The highest BCUT2D eigenvalue weighted by Gasteiger charge is 2.16. The topological polar surface area (TPSA) is 50.2 Å². The predicted molar refractivity (Wildman–Crippen MR) is 47.9 cm³/mol. The van der Waals surface area contributed by atoms with Crippen molar-refractivity contribution in [1.82, 2.24) is 4.98 Å². The van der Waals surface area contributed by atoms with Gasteiger partial charge in [0.05, 0.1) is 11.6 Å². The van der Waals surface area contributed by atoms with Crippen molar-refractivity contribution in [1.29, 1.82) is 0 Å². The SMILES string of the molecule is CC(C(=O)O)c1ccc(F)c(Br)n1. The van der Waals surface area contributed by atoms with E-state index in [1.807, 2.05) is 0 Å². The van der Waals surface area contributed by atoms with Gasteiger partial charge in [-0.15, -0.1) is 0 Å². The quantitative estimate of drug-likeness (QED) is 0.816. The Hall–Kier alpha value is -0.970. The molecule has 1 unspecified atom stereocenters. The van der Waals surface area contributed by atoms with Crippen LogP contribution in [-0.2, 0) is 4.79 Å². The Bertz CT molecular complexity index is 343. The number of nitrogens with zero attached hydrogens (tertiary/aromatic N) is 1. The lowest BCUT2D eigenvalue weighted by Gasteiger charge is -2.05. The summed E-state index contributed by atoms with van der Waals surface area (Å²) in [7, 11) is 0. The van der Waals surface area contributed by atoms with E-state index in [0.29, 0.717) is 5.69 Å². The van der Waals surface area contributed by atoms with Gasteiger partial charge >= 0.3 is 5.97 Å². The molecule has 0 aliphatic carbocycles. The zero-order valence-corrected chi connectivity index (χ0v) is 8.38. The van der Waals surface area contributed by atoms with Gasteiger partial charge in [-0.25, -0.2) is 9.37 Å². The van der Waals surface area contributed by atoms with E-state index in [0.717, 1.165) is 0 Å². The van der Waals surface area contributed by atoms with Gasteiger partial charge in [0.25, 0.3) is 0 Å². The van der Waals surface area contributed by atoms with Crippen molar-refractivity contribution in [3.63, 3.8) is 0 Å². The first-order valence-electron chi connectivity index (χ1n) is 3.57. The summed E-state index contributed by atoms with van der Waals surface area (Å²) < 4.78 is 12.7. The second-order valence-electron chi connectivity index (χ2n) is 2.57. The van der Waals surface area contributed by atoms with Gasteiger partial charge in [-0.1, -0.05) is 0 Å². The first-order valence-corrected chi connectivity index (χ1v) is 4.36. The minimum Gasteiger partial charge on any atom is -0.481 e. The lowest BCUT2D eigenvalue weighted by molar-refractivity contribution is -0.138. The molecule has 13 heavy (non-hydrogen) atoms. The largest absolute Gasteiger partial charge is 0.481 e. The fraction of sp³-hybridized carbons (Fsp3) is 0.250. The van der Waals surface area contributed by atoms with Crippen LogP contribution in [0.15, 0.2) is 16.7 Å². The van der Waals surface area contributed by atoms with E-state index in [2.05, 4.69) is 20.9 Å². The second kappa shape index (κ2) is 3.83. The van der Waals surface area contributed by atoms with Gasteiger partial charge in [-0.2, -0.15) is 0 Å². The maximum Gasteiger partial charge on any atom is 0.312 e. The number of halogens is 2. The summed E-state index contributed by atoms with van der Waals surface area (Å²) >= 11 is 2.88. The first kappa shape index (κ1) is 10.1. The summed E-state index contributed by atoms with van der Waals surface area (Å²) in [6.45, 7) is 1.50. The summed E-state index contributed by atoms with van der Waals surface area (Å²) in [6.07, 6.45) is 0. The molecule has 0 radical (unpaired) electrons. The molecule has 0 bridgehead atoms. The standard InChI is InChI=1S/C8H7BrFNO2/c1-4(8(12)13)6-3-2-5(10)7(9)11-6/h2-4H,1H3,(H,12,13). The number of pyridine rings is 1. The van der Waals surface area contributed by atoms with Crippen molar-refractivity contribution in [3.8, 4) is 0 Å². The highest BCUT2D eigenvalue weighted by atomic mass is 79.9. The van der Waals surface area contributed by atoms with Crippen LogP contribution in [0.1, 0.15) is 18.5 Å². The zero-order chi connectivity index (χ0) is 10.0. The molecule has 1 aromatic rings. The van der Waals surface area contributed by atoms with Crippen LogP contribution in [0.25, 0.3) is 0 Å². The third-order valence-electron chi connectivity index (χ3n) is 1.64. The molecule has 1 atom stereocenters. The molecular formula is C8H7BrFNO2. The average molecular weight is 248 g/mol. The van der Waals surface area contributed by atoms with Crippen molar-refractivity contribution >= 4 is 21.9 Å². The van der Waals surface area contributed by atoms with Gasteiger partial charge in [0, 0.05) is 0 Å². The molecule has 5 heteroatoms. The Morgan fingerprint density at radius 3 is 2.77 bits per heavy atom. The Labute approximate surface area is 82.7 Å². The van der Waals surface area contributed by atoms with Crippen LogP contribution in [0.4, 0.5) is 4.39 Å². The number of aromatic nitrogens is 1. The molecule has 1 heterocycles. The second-order valence-corrected chi connectivity index (χ2v) is 3.32. The summed E-state index contributed by atoms with van der Waals surface area (Å²) in [6, 6.07) is 2.55. The lowest BCUT2D eigenvalue weighted by atomic mass is 10.1. The number of rotatable bonds is 2. The highest BCUT2D eigenvalue weighted by Crippen LogP contribution is 2.18. The van der Waals surface area contributed by atoms with Crippen LogP contribution in [0.3, 0.4) is 0 Å². The van der Waals surface area contributed by atoms with Crippen molar-refractivity contribution in [2.45, 2.75) is 12.8 Å². The van der Waals surface area contributed by atoms with E-state index in [4.69, 9.17) is 5.11 Å². The fourth-order valence-electron chi connectivity index (χ4n) is 0.799. The third-order valence-corrected chi connectivity index (χ3v) is 2.19. The van der Waals surface area contributed by atoms with Gasteiger partial charge in [0.2, 0.25) is 0 Å². The maximum atomic E-state index is 12.7. The third kappa shape index (κ3) is 2.24. The van der Waals surface area contributed by atoms with Crippen molar-refractivity contribution in [2.24, 2.45) is 0 Å². The zero-order valence-electron chi connectivity index (χ0n) is 6.79. The normalized spacial score (nSPS) is 12.5.